The number of carbonyl (C=O) groups is 1. The summed E-state index contributed by atoms with van der Waals surface area (Å²) in [6.07, 6.45) is 0. The fourth-order valence-corrected chi connectivity index (χ4v) is 1.74. The summed E-state index contributed by atoms with van der Waals surface area (Å²) in [6.45, 7) is 2.64. The fraction of sp³-hybridized carbons (Fsp3) is 0.300. The number of nitrogens with zero attached hydrogens (tertiary/aromatic N) is 1. The van der Waals surface area contributed by atoms with E-state index in [2.05, 4.69) is 0 Å². The average Bonchev–Trinajstić information content (AvgIpc) is 2.41. The number of fused-ring (bicyclic) bond motifs is 1. The van der Waals surface area contributed by atoms with E-state index < -0.39 is 6.04 Å². The molecule has 0 saturated carbocycles. The van der Waals surface area contributed by atoms with Crippen molar-refractivity contribution in [3.8, 4) is 0 Å². The summed E-state index contributed by atoms with van der Waals surface area (Å²) in [4.78, 5) is 13.3. The van der Waals surface area contributed by atoms with E-state index in [9.17, 15) is 4.79 Å². The molecule has 0 radical (unpaired) electrons. The highest BCUT2D eigenvalue weighted by molar-refractivity contribution is 6.04. The van der Waals surface area contributed by atoms with E-state index in [1.165, 1.54) is 0 Å². The number of rotatable bonds is 1. The number of para-hydroxylation sites is 1. The van der Waals surface area contributed by atoms with Crippen LogP contribution in [0.5, 0.6) is 0 Å². The number of amides is 1. The summed E-state index contributed by atoms with van der Waals surface area (Å²) in [7, 11) is 0. The summed E-state index contributed by atoms with van der Waals surface area (Å²) in [5.41, 5.74) is 7.66. The Morgan fingerprint density at radius 3 is 2.85 bits per heavy atom. The van der Waals surface area contributed by atoms with Crippen LogP contribution in [0.25, 0.3) is 0 Å². The molecule has 1 atom stereocenters. The number of likely N-dealkylation sites (N-methyl/N-ethyl adjacent to an activating group) is 1. The Hall–Kier alpha value is -1.35. The average molecular weight is 176 g/mol. The van der Waals surface area contributed by atoms with Gasteiger partial charge < -0.3 is 10.6 Å². The third kappa shape index (κ3) is 1.04. The summed E-state index contributed by atoms with van der Waals surface area (Å²) in [5, 5.41) is 0. The fourth-order valence-electron chi connectivity index (χ4n) is 1.74. The summed E-state index contributed by atoms with van der Waals surface area (Å²) < 4.78 is 0. The molecule has 1 heterocycles. The first kappa shape index (κ1) is 8.26. The molecule has 0 saturated heterocycles. The maximum Gasteiger partial charge on any atom is 0.248 e. The van der Waals surface area contributed by atoms with E-state index in [-0.39, 0.29) is 5.91 Å². The second-order valence-electron chi connectivity index (χ2n) is 3.12. The van der Waals surface area contributed by atoms with Gasteiger partial charge in [-0.2, -0.15) is 0 Å². The quantitative estimate of drug-likeness (QED) is 0.695. The molecule has 0 bridgehead atoms. The van der Waals surface area contributed by atoms with Gasteiger partial charge in [-0.05, 0) is 13.0 Å². The molecule has 0 fully saturated rings. The van der Waals surface area contributed by atoms with E-state index in [4.69, 9.17) is 5.73 Å². The summed E-state index contributed by atoms with van der Waals surface area (Å²) >= 11 is 0. The molecule has 1 aromatic rings. The van der Waals surface area contributed by atoms with Crippen LogP contribution in [-0.2, 0) is 4.79 Å². The molecule has 68 valence electrons. The first-order chi connectivity index (χ1) is 6.25. The Labute approximate surface area is 77.1 Å². The van der Waals surface area contributed by atoms with E-state index >= 15 is 0 Å². The van der Waals surface area contributed by atoms with Gasteiger partial charge in [-0.1, -0.05) is 18.2 Å². The van der Waals surface area contributed by atoms with Crippen LogP contribution in [0, 0.1) is 0 Å². The molecule has 0 spiro atoms. The lowest BCUT2D eigenvalue weighted by molar-refractivity contribution is -0.119. The van der Waals surface area contributed by atoms with E-state index in [1.807, 2.05) is 31.2 Å². The summed E-state index contributed by atoms with van der Waals surface area (Å²) in [5.74, 6) is 0.00343. The predicted octanol–water partition coefficient (Wildman–Crippen LogP) is 1.05. The zero-order valence-electron chi connectivity index (χ0n) is 7.53. The minimum atomic E-state index is -0.462. The van der Waals surface area contributed by atoms with Crippen molar-refractivity contribution in [2.24, 2.45) is 5.73 Å². The van der Waals surface area contributed by atoms with Gasteiger partial charge in [-0.25, -0.2) is 0 Å². The van der Waals surface area contributed by atoms with Gasteiger partial charge in [0.15, 0.2) is 0 Å². The van der Waals surface area contributed by atoms with E-state index in [0.717, 1.165) is 11.3 Å². The Morgan fingerprint density at radius 1 is 1.46 bits per heavy atom. The monoisotopic (exact) mass is 176 g/mol. The standard InChI is InChI=1S/C10H12N2O/c1-2-12-8-6-4-3-5-7(8)9(11)10(12)13/h3-6,9H,2,11H2,1H3. The molecule has 13 heavy (non-hydrogen) atoms. The molecule has 3 heteroatoms. The smallest absolute Gasteiger partial charge is 0.248 e. The van der Waals surface area contributed by atoms with Crippen molar-refractivity contribution in [3.63, 3.8) is 0 Å². The van der Waals surface area contributed by atoms with E-state index in [1.54, 1.807) is 4.90 Å². The van der Waals surface area contributed by atoms with Crippen LogP contribution < -0.4 is 10.6 Å². The highest BCUT2D eigenvalue weighted by Gasteiger charge is 2.32. The zero-order valence-corrected chi connectivity index (χ0v) is 7.53. The number of nitrogens with two attached hydrogens (primary N) is 1. The van der Waals surface area contributed by atoms with E-state index in [0.29, 0.717) is 6.54 Å². The van der Waals surface area contributed by atoms with Crippen molar-refractivity contribution in [1.82, 2.24) is 0 Å². The van der Waals surface area contributed by atoms with Crippen molar-refractivity contribution in [1.29, 1.82) is 0 Å². The largest absolute Gasteiger partial charge is 0.316 e. The number of carbonyl (C=O) groups excluding carboxylic acids is 1. The van der Waals surface area contributed by atoms with Crippen LogP contribution in [0.1, 0.15) is 18.5 Å². The van der Waals surface area contributed by atoms with Crippen molar-refractivity contribution in [3.05, 3.63) is 29.8 Å². The minimum absolute atomic E-state index is 0.00343. The van der Waals surface area contributed by atoms with Crippen LogP contribution in [0.15, 0.2) is 24.3 Å². The normalized spacial score (nSPS) is 20.6. The van der Waals surface area contributed by atoms with Crippen LogP contribution in [0.3, 0.4) is 0 Å². The minimum Gasteiger partial charge on any atom is -0.316 e. The molecule has 1 aromatic carbocycles. The molecule has 0 aromatic heterocycles. The molecule has 2 N–H and O–H groups in total. The third-order valence-corrected chi connectivity index (χ3v) is 2.41. The Bertz CT molecular complexity index is 349. The SMILES string of the molecule is CCN1C(=O)C(N)c2ccccc21. The molecule has 1 aliphatic rings. The molecule has 0 aliphatic carbocycles. The Morgan fingerprint density at radius 2 is 2.15 bits per heavy atom. The summed E-state index contributed by atoms with van der Waals surface area (Å²) in [6, 6.07) is 7.21. The first-order valence-corrected chi connectivity index (χ1v) is 4.41. The highest BCUT2D eigenvalue weighted by Crippen LogP contribution is 2.33. The van der Waals surface area contributed by atoms with Crippen LogP contribution in [0.4, 0.5) is 5.69 Å². The molecule has 1 unspecified atom stereocenters. The van der Waals surface area contributed by atoms with Gasteiger partial charge in [0.1, 0.15) is 6.04 Å². The highest BCUT2D eigenvalue weighted by atomic mass is 16.2. The zero-order chi connectivity index (χ0) is 9.42. The maximum atomic E-state index is 11.6. The molecule has 3 nitrogen and oxygen atoms in total. The number of hydrogen-bond acceptors (Lipinski definition) is 2. The van der Waals surface area contributed by atoms with Gasteiger partial charge in [0.25, 0.3) is 0 Å². The molecule has 1 aliphatic heterocycles. The van der Waals surface area contributed by atoms with Gasteiger partial charge in [-0.15, -0.1) is 0 Å². The Balaban J connectivity index is 2.53. The number of hydrogen-bond donors (Lipinski definition) is 1. The van der Waals surface area contributed by atoms with Gasteiger partial charge in [0.2, 0.25) is 5.91 Å². The second-order valence-corrected chi connectivity index (χ2v) is 3.12. The molecule has 1 amide bonds. The predicted molar refractivity (Wildman–Crippen MR) is 51.4 cm³/mol. The van der Waals surface area contributed by atoms with Gasteiger partial charge >= 0.3 is 0 Å². The number of benzene rings is 1. The third-order valence-electron chi connectivity index (χ3n) is 2.41. The molecular weight excluding hydrogens is 164 g/mol. The Kier molecular flexibility index (Phi) is 1.81. The second kappa shape index (κ2) is 2.85. The van der Waals surface area contributed by atoms with Crippen molar-refractivity contribution in [2.75, 3.05) is 11.4 Å². The lowest BCUT2D eigenvalue weighted by atomic mass is 10.1. The van der Waals surface area contributed by atoms with Crippen LogP contribution in [-0.4, -0.2) is 12.5 Å². The van der Waals surface area contributed by atoms with Crippen LogP contribution >= 0.6 is 0 Å². The maximum absolute atomic E-state index is 11.6. The molecular formula is C10H12N2O. The topological polar surface area (TPSA) is 46.3 Å². The lowest BCUT2D eigenvalue weighted by Crippen LogP contribution is -2.31. The van der Waals surface area contributed by atoms with Crippen LogP contribution in [0.2, 0.25) is 0 Å². The lowest BCUT2D eigenvalue weighted by Gasteiger charge is -2.13. The van der Waals surface area contributed by atoms with Crippen molar-refractivity contribution >= 4 is 11.6 Å². The number of anilines is 1. The molecule has 2 rings (SSSR count). The van der Waals surface area contributed by atoms with Crippen molar-refractivity contribution < 1.29 is 4.79 Å². The van der Waals surface area contributed by atoms with Gasteiger partial charge in [0.05, 0.1) is 0 Å². The van der Waals surface area contributed by atoms with Gasteiger partial charge in [0, 0.05) is 17.8 Å². The van der Waals surface area contributed by atoms with Gasteiger partial charge in [-0.3, -0.25) is 4.79 Å². The van der Waals surface area contributed by atoms with Crippen molar-refractivity contribution in [2.45, 2.75) is 13.0 Å². The first-order valence-electron chi connectivity index (χ1n) is 4.41.